The molecule has 0 spiro atoms. The zero-order chi connectivity index (χ0) is 16.2. The van der Waals surface area contributed by atoms with Gasteiger partial charge in [-0.3, -0.25) is 4.99 Å². The molecule has 0 aromatic heterocycles. The summed E-state index contributed by atoms with van der Waals surface area (Å²) in [4.78, 5) is 4.72. The van der Waals surface area contributed by atoms with Gasteiger partial charge in [0.15, 0.2) is 17.5 Å². The number of nitrogens with one attached hydrogen (secondary N) is 2. The van der Waals surface area contributed by atoms with E-state index in [0.717, 1.165) is 24.0 Å². The molecule has 1 aromatic rings. The van der Waals surface area contributed by atoms with Crippen molar-refractivity contribution in [1.29, 1.82) is 0 Å². The van der Waals surface area contributed by atoms with Crippen LogP contribution in [0.25, 0.3) is 0 Å². The molecule has 130 valence electrons. The van der Waals surface area contributed by atoms with Crippen LogP contribution in [0, 0.1) is 0 Å². The van der Waals surface area contributed by atoms with E-state index in [0.29, 0.717) is 19.4 Å². The summed E-state index contributed by atoms with van der Waals surface area (Å²) in [5.74, 6) is 2.49. The molecular formula is C17H28IN3O2. The van der Waals surface area contributed by atoms with Crippen molar-refractivity contribution in [2.75, 3.05) is 19.9 Å². The molecule has 23 heavy (non-hydrogen) atoms. The molecule has 0 amide bonds. The topological polar surface area (TPSA) is 54.9 Å². The summed E-state index contributed by atoms with van der Waals surface area (Å²) in [7, 11) is 0. The average Bonchev–Trinajstić information content (AvgIpc) is 2.92. The van der Waals surface area contributed by atoms with E-state index >= 15 is 0 Å². The number of nitrogens with zero attached hydrogens (tertiary/aromatic N) is 1. The Balaban J connectivity index is 0.00000264. The molecule has 0 aliphatic carbocycles. The van der Waals surface area contributed by atoms with Crippen LogP contribution < -0.4 is 20.1 Å². The number of halogens is 1. The highest BCUT2D eigenvalue weighted by atomic mass is 127. The number of rotatable bonds is 5. The summed E-state index contributed by atoms with van der Waals surface area (Å²) in [6, 6.07) is 6.47. The minimum atomic E-state index is -0.0830. The lowest BCUT2D eigenvalue weighted by Crippen LogP contribution is -2.41. The molecule has 2 N–H and O–H groups in total. The van der Waals surface area contributed by atoms with E-state index in [9.17, 15) is 0 Å². The van der Waals surface area contributed by atoms with Crippen molar-refractivity contribution < 1.29 is 9.47 Å². The van der Waals surface area contributed by atoms with E-state index in [1.807, 2.05) is 6.07 Å². The molecule has 0 saturated heterocycles. The Kier molecular flexibility index (Phi) is 7.44. The lowest BCUT2D eigenvalue weighted by Gasteiger charge is -2.24. The molecule has 5 nitrogen and oxygen atoms in total. The first kappa shape index (κ1) is 19.9. The molecule has 2 rings (SSSR count). The van der Waals surface area contributed by atoms with Crippen LogP contribution in [-0.4, -0.2) is 31.9 Å². The molecule has 0 fully saturated rings. The number of guanidine groups is 1. The van der Waals surface area contributed by atoms with Gasteiger partial charge in [0.25, 0.3) is 0 Å². The summed E-state index contributed by atoms with van der Waals surface area (Å²) in [6.45, 7) is 12.5. The summed E-state index contributed by atoms with van der Waals surface area (Å²) < 4.78 is 10.8. The van der Waals surface area contributed by atoms with Crippen molar-refractivity contribution in [1.82, 2.24) is 10.6 Å². The van der Waals surface area contributed by atoms with Crippen LogP contribution in [0.15, 0.2) is 23.2 Å². The third-order valence-electron chi connectivity index (χ3n) is 3.56. The third kappa shape index (κ3) is 5.44. The number of hydrogen-bond donors (Lipinski definition) is 2. The van der Waals surface area contributed by atoms with Crippen molar-refractivity contribution in [3.8, 4) is 11.5 Å². The van der Waals surface area contributed by atoms with E-state index in [-0.39, 0.29) is 29.4 Å². The fourth-order valence-corrected chi connectivity index (χ4v) is 2.28. The Morgan fingerprint density at radius 1 is 1.26 bits per heavy atom. The van der Waals surface area contributed by atoms with Crippen molar-refractivity contribution in [3.63, 3.8) is 0 Å². The molecule has 0 atom stereocenters. The second-order valence-corrected chi connectivity index (χ2v) is 6.45. The van der Waals surface area contributed by atoms with Crippen LogP contribution in [-0.2, 0) is 5.41 Å². The van der Waals surface area contributed by atoms with Crippen LogP contribution in [0.5, 0.6) is 11.5 Å². The van der Waals surface area contributed by atoms with Gasteiger partial charge in [0.1, 0.15) is 0 Å². The van der Waals surface area contributed by atoms with Crippen molar-refractivity contribution in [2.24, 2.45) is 4.99 Å². The lowest BCUT2D eigenvalue weighted by atomic mass is 9.84. The van der Waals surface area contributed by atoms with Crippen LogP contribution in [0.4, 0.5) is 0 Å². The van der Waals surface area contributed by atoms with Gasteiger partial charge in [-0.2, -0.15) is 0 Å². The van der Waals surface area contributed by atoms with Gasteiger partial charge in [0.05, 0.1) is 6.54 Å². The first-order valence-electron chi connectivity index (χ1n) is 7.87. The van der Waals surface area contributed by atoms with Gasteiger partial charge >= 0.3 is 0 Å². The molecule has 6 heteroatoms. The van der Waals surface area contributed by atoms with Gasteiger partial charge < -0.3 is 20.1 Å². The lowest BCUT2D eigenvalue weighted by molar-refractivity contribution is 0.174. The smallest absolute Gasteiger partial charge is 0.231 e. The number of hydrogen-bond acceptors (Lipinski definition) is 3. The zero-order valence-electron chi connectivity index (χ0n) is 14.6. The Bertz CT molecular complexity index is 545. The SMILES string of the molecule is CCNC(=NCC(C)(C)c1ccc2c(c1)OCO2)NC(C)C.I. The molecular weight excluding hydrogens is 405 g/mol. The first-order chi connectivity index (χ1) is 10.4. The minimum Gasteiger partial charge on any atom is -0.454 e. The number of ether oxygens (including phenoxy) is 2. The maximum Gasteiger partial charge on any atom is 0.231 e. The second-order valence-electron chi connectivity index (χ2n) is 6.45. The quantitative estimate of drug-likeness (QED) is 0.425. The van der Waals surface area contributed by atoms with E-state index in [2.05, 4.69) is 57.4 Å². The Hall–Kier alpha value is -1.18. The standard InChI is InChI=1S/C17H27N3O2.HI/c1-6-18-16(20-12(2)3)19-10-17(4,5)13-7-8-14-15(9-13)22-11-21-14;/h7-9,12H,6,10-11H2,1-5H3,(H2,18,19,20);1H. The molecule has 0 bridgehead atoms. The highest BCUT2D eigenvalue weighted by Gasteiger charge is 2.24. The minimum absolute atomic E-state index is 0. The first-order valence-corrected chi connectivity index (χ1v) is 7.87. The second kappa shape index (κ2) is 8.61. The van der Waals surface area contributed by atoms with Gasteiger partial charge in [0.2, 0.25) is 6.79 Å². The van der Waals surface area contributed by atoms with Crippen LogP contribution in [0.1, 0.15) is 40.2 Å². The highest BCUT2D eigenvalue weighted by Crippen LogP contribution is 2.36. The molecule has 1 aromatic carbocycles. The summed E-state index contributed by atoms with van der Waals surface area (Å²) >= 11 is 0. The predicted octanol–water partition coefficient (Wildman–Crippen LogP) is 3.27. The van der Waals surface area contributed by atoms with E-state index in [1.165, 1.54) is 5.56 Å². The van der Waals surface area contributed by atoms with Gasteiger partial charge in [-0.1, -0.05) is 19.9 Å². The maximum atomic E-state index is 5.47. The summed E-state index contributed by atoms with van der Waals surface area (Å²) in [5, 5.41) is 6.61. The van der Waals surface area contributed by atoms with E-state index < -0.39 is 0 Å². The molecule has 1 aliphatic rings. The largest absolute Gasteiger partial charge is 0.454 e. The average molecular weight is 433 g/mol. The van der Waals surface area contributed by atoms with E-state index in [4.69, 9.17) is 14.5 Å². The number of benzene rings is 1. The predicted molar refractivity (Wildman–Crippen MR) is 105 cm³/mol. The number of fused-ring (bicyclic) bond motifs is 1. The van der Waals surface area contributed by atoms with Crippen LogP contribution >= 0.6 is 24.0 Å². The van der Waals surface area contributed by atoms with E-state index in [1.54, 1.807) is 0 Å². The molecule has 0 saturated carbocycles. The zero-order valence-corrected chi connectivity index (χ0v) is 16.9. The highest BCUT2D eigenvalue weighted by molar-refractivity contribution is 14.0. The Morgan fingerprint density at radius 3 is 2.61 bits per heavy atom. The Labute approximate surface area is 156 Å². The Morgan fingerprint density at radius 2 is 1.96 bits per heavy atom. The molecule has 0 radical (unpaired) electrons. The number of aliphatic imine (C=N–C) groups is 1. The van der Waals surface area contributed by atoms with Gasteiger partial charge in [-0.25, -0.2) is 0 Å². The van der Waals surface area contributed by atoms with Crippen LogP contribution in [0.2, 0.25) is 0 Å². The summed E-state index contributed by atoms with van der Waals surface area (Å²) in [5.41, 5.74) is 1.11. The summed E-state index contributed by atoms with van der Waals surface area (Å²) in [6.07, 6.45) is 0. The molecule has 1 aliphatic heterocycles. The van der Waals surface area contributed by atoms with Gasteiger partial charge in [0, 0.05) is 18.0 Å². The van der Waals surface area contributed by atoms with Gasteiger partial charge in [-0.15, -0.1) is 24.0 Å². The normalized spacial score (nSPS) is 13.7. The molecule has 0 unspecified atom stereocenters. The van der Waals surface area contributed by atoms with Crippen LogP contribution in [0.3, 0.4) is 0 Å². The maximum absolute atomic E-state index is 5.47. The fraction of sp³-hybridized carbons (Fsp3) is 0.588. The monoisotopic (exact) mass is 433 g/mol. The van der Waals surface area contributed by atoms with Crippen molar-refractivity contribution in [3.05, 3.63) is 23.8 Å². The van der Waals surface area contributed by atoms with Crippen molar-refractivity contribution >= 4 is 29.9 Å². The van der Waals surface area contributed by atoms with Gasteiger partial charge in [-0.05, 0) is 38.5 Å². The van der Waals surface area contributed by atoms with Crippen molar-refractivity contribution in [2.45, 2.75) is 46.1 Å². The fourth-order valence-electron chi connectivity index (χ4n) is 2.28. The third-order valence-corrected chi connectivity index (χ3v) is 3.56. The molecule has 1 heterocycles.